The van der Waals surface area contributed by atoms with E-state index in [4.69, 9.17) is 0 Å². The largest absolute Gasteiger partial charge is 0.317 e. The van der Waals surface area contributed by atoms with Crippen molar-refractivity contribution in [2.75, 3.05) is 12.8 Å². The van der Waals surface area contributed by atoms with Crippen LogP contribution in [0.25, 0.3) is 0 Å². The van der Waals surface area contributed by atoms with E-state index in [1.165, 1.54) is 30.6 Å². The van der Waals surface area contributed by atoms with Gasteiger partial charge in [0.2, 0.25) is 0 Å². The molecule has 2 heteroatoms. The van der Waals surface area contributed by atoms with Gasteiger partial charge in [0.25, 0.3) is 0 Å². The van der Waals surface area contributed by atoms with Crippen molar-refractivity contribution >= 4 is 11.8 Å². The Morgan fingerprint density at radius 3 is 2.62 bits per heavy atom. The van der Waals surface area contributed by atoms with Gasteiger partial charge in [-0.15, -0.1) is 0 Å². The van der Waals surface area contributed by atoms with Gasteiger partial charge in [0.1, 0.15) is 0 Å². The smallest absolute Gasteiger partial charge is 0.0184 e. The first-order chi connectivity index (χ1) is 7.83. The summed E-state index contributed by atoms with van der Waals surface area (Å²) in [5.41, 5.74) is 1.44. The molecule has 1 nitrogen and oxygen atoms in total. The van der Waals surface area contributed by atoms with Gasteiger partial charge in [-0.1, -0.05) is 36.8 Å². The van der Waals surface area contributed by atoms with E-state index in [9.17, 15) is 0 Å². The molecule has 1 aromatic rings. The summed E-state index contributed by atoms with van der Waals surface area (Å²) in [5.74, 6) is 2.44. The Labute approximate surface area is 104 Å². The predicted molar refractivity (Wildman–Crippen MR) is 75.0 cm³/mol. The highest BCUT2D eigenvalue weighted by molar-refractivity contribution is 7.98. The van der Waals surface area contributed by atoms with Crippen LogP contribution in [0.15, 0.2) is 30.3 Å². The van der Waals surface area contributed by atoms with Gasteiger partial charge >= 0.3 is 0 Å². The Hall–Kier alpha value is -0.470. The Balaban J connectivity index is 1.96. The standard InChI is InChI=1S/C14H23NS/c1-13(15-2)8-6-7-11-16-12-14-9-4-3-5-10-14/h3-5,9-10,13,15H,6-8,11-12H2,1-2H3. The molecule has 0 radical (unpaired) electrons. The minimum atomic E-state index is 0.666. The summed E-state index contributed by atoms with van der Waals surface area (Å²) in [5, 5.41) is 3.27. The van der Waals surface area contributed by atoms with Crippen LogP contribution in [0.2, 0.25) is 0 Å². The lowest BCUT2D eigenvalue weighted by atomic mass is 10.1. The van der Waals surface area contributed by atoms with E-state index < -0.39 is 0 Å². The van der Waals surface area contributed by atoms with Crippen molar-refractivity contribution in [3.63, 3.8) is 0 Å². The van der Waals surface area contributed by atoms with Gasteiger partial charge in [-0.25, -0.2) is 0 Å². The first-order valence-electron chi connectivity index (χ1n) is 6.12. The third-order valence-electron chi connectivity index (χ3n) is 2.78. The van der Waals surface area contributed by atoms with Crippen LogP contribution in [0.1, 0.15) is 31.7 Å². The lowest BCUT2D eigenvalue weighted by molar-refractivity contribution is 0.539. The second kappa shape index (κ2) is 8.66. The van der Waals surface area contributed by atoms with Crippen LogP contribution in [0.3, 0.4) is 0 Å². The highest BCUT2D eigenvalue weighted by Gasteiger charge is 1.97. The summed E-state index contributed by atoms with van der Waals surface area (Å²) in [4.78, 5) is 0. The molecule has 0 aliphatic rings. The summed E-state index contributed by atoms with van der Waals surface area (Å²) >= 11 is 2.05. The van der Waals surface area contributed by atoms with Crippen molar-refractivity contribution in [3.05, 3.63) is 35.9 Å². The monoisotopic (exact) mass is 237 g/mol. The fraction of sp³-hybridized carbons (Fsp3) is 0.571. The maximum atomic E-state index is 3.27. The minimum Gasteiger partial charge on any atom is -0.317 e. The number of rotatable bonds is 8. The van der Waals surface area contributed by atoms with E-state index in [1.807, 2.05) is 18.8 Å². The summed E-state index contributed by atoms with van der Waals surface area (Å²) in [6.07, 6.45) is 3.97. The Morgan fingerprint density at radius 2 is 1.94 bits per heavy atom. The lowest BCUT2D eigenvalue weighted by Crippen LogP contribution is -2.20. The molecular weight excluding hydrogens is 214 g/mol. The number of hydrogen-bond donors (Lipinski definition) is 1. The van der Waals surface area contributed by atoms with Crippen LogP contribution < -0.4 is 5.32 Å². The fourth-order valence-electron chi connectivity index (χ4n) is 1.56. The van der Waals surface area contributed by atoms with Gasteiger partial charge in [0.05, 0.1) is 0 Å². The molecule has 0 fully saturated rings. The first kappa shape index (κ1) is 13.6. The Morgan fingerprint density at radius 1 is 1.19 bits per heavy atom. The van der Waals surface area contributed by atoms with Gasteiger partial charge in [0, 0.05) is 11.8 Å². The zero-order valence-corrected chi connectivity index (χ0v) is 11.2. The van der Waals surface area contributed by atoms with Crippen molar-refractivity contribution in [2.45, 2.75) is 38.0 Å². The van der Waals surface area contributed by atoms with Gasteiger partial charge in [-0.05, 0) is 38.1 Å². The molecule has 1 N–H and O–H groups in total. The van der Waals surface area contributed by atoms with E-state index in [2.05, 4.69) is 42.6 Å². The molecule has 1 unspecified atom stereocenters. The number of hydrogen-bond acceptors (Lipinski definition) is 2. The number of unbranched alkanes of at least 4 members (excludes halogenated alkanes) is 1. The SMILES string of the molecule is CNC(C)CCCCSCc1ccccc1. The summed E-state index contributed by atoms with van der Waals surface area (Å²) in [6, 6.07) is 11.4. The van der Waals surface area contributed by atoms with Crippen LogP contribution in [0.5, 0.6) is 0 Å². The molecule has 0 aliphatic heterocycles. The fourth-order valence-corrected chi connectivity index (χ4v) is 2.54. The van der Waals surface area contributed by atoms with E-state index in [0.717, 1.165) is 5.75 Å². The molecule has 0 spiro atoms. The molecule has 0 saturated carbocycles. The quantitative estimate of drug-likeness (QED) is 0.692. The van der Waals surface area contributed by atoms with E-state index in [0.29, 0.717) is 6.04 Å². The molecule has 16 heavy (non-hydrogen) atoms. The highest BCUT2D eigenvalue weighted by Crippen LogP contribution is 2.14. The second-order valence-corrected chi connectivity index (χ2v) is 5.33. The normalized spacial score (nSPS) is 12.6. The zero-order chi connectivity index (χ0) is 11.6. The third kappa shape index (κ3) is 6.19. The van der Waals surface area contributed by atoms with Crippen molar-refractivity contribution in [2.24, 2.45) is 0 Å². The highest BCUT2D eigenvalue weighted by atomic mass is 32.2. The van der Waals surface area contributed by atoms with Crippen LogP contribution in [-0.4, -0.2) is 18.8 Å². The average Bonchev–Trinajstić information content (AvgIpc) is 2.34. The molecule has 90 valence electrons. The molecular formula is C14H23NS. The molecule has 0 heterocycles. The molecule has 0 saturated heterocycles. The first-order valence-corrected chi connectivity index (χ1v) is 7.27. The average molecular weight is 237 g/mol. The maximum Gasteiger partial charge on any atom is 0.0184 e. The maximum absolute atomic E-state index is 3.27. The van der Waals surface area contributed by atoms with Gasteiger partial charge in [-0.2, -0.15) is 11.8 Å². The van der Waals surface area contributed by atoms with Crippen LogP contribution in [-0.2, 0) is 5.75 Å². The van der Waals surface area contributed by atoms with Gasteiger partial charge < -0.3 is 5.32 Å². The zero-order valence-electron chi connectivity index (χ0n) is 10.4. The van der Waals surface area contributed by atoms with Crippen molar-refractivity contribution in [1.82, 2.24) is 5.32 Å². The van der Waals surface area contributed by atoms with E-state index in [-0.39, 0.29) is 0 Å². The Bertz CT molecular complexity index is 261. The molecule has 0 amide bonds. The van der Waals surface area contributed by atoms with E-state index >= 15 is 0 Å². The minimum absolute atomic E-state index is 0.666. The topological polar surface area (TPSA) is 12.0 Å². The lowest BCUT2D eigenvalue weighted by Gasteiger charge is -2.08. The predicted octanol–water partition coefficient (Wildman–Crippen LogP) is 3.70. The Kier molecular flexibility index (Phi) is 7.35. The summed E-state index contributed by atoms with van der Waals surface area (Å²) in [6.45, 7) is 2.25. The molecule has 1 atom stereocenters. The van der Waals surface area contributed by atoms with Gasteiger partial charge in [-0.3, -0.25) is 0 Å². The van der Waals surface area contributed by atoms with Crippen molar-refractivity contribution in [1.29, 1.82) is 0 Å². The molecule has 1 aromatic carbocycles. The van der Waals surface area contributed by atoms with Crippen LogP contribution in [0.4, 0.5) is 0 Å². The van der Waals surface area contributed by atoms with Crippen LogP contribution >= 0.6 is 11.8 Å². The van der Waals surface area contributed by atoms with Crippen LogP contribution in [0, 0.1) is 0 Å². The van der Waals surface area contributed by atoms with Crippen molar-refractivity contribution < 1.29 is 0 Å². The summed E-state index contributed by atoms with van der Waals surface area (Å²) < 4.78 is 0. The van der Waals surface area contributed by atoms with Gasteiger partial charge in [0.15, 0.2) is 0 Å². The summed E-state index contributed by atoms with van der Waals surface area (Å²) in [7, 11) is 2.04. The van der Waals surface area contributed by atoms with Crippen molar-refractivity contribution in [3.8, 4) is 0 Å². The van der Waals surface area contributed by atoms with E-state index in [1.54, 1.807) is 0 Å². The third-order valence-corrected chi connectivity index (χ3v) is 3.89. The second-order valence-electron chi connectivity index (χ2n) is 4.22. The number of thioether (sulfide) groups is 1. The number of nitrogens with one attached hydrogen (secondary N) is 1. The molecule has 1 rings (SSSR count). The number of benzene rings is 1. The molecule has 0 aromatic heterocycles. The molecule has 0 aliphatic carbocycles. The molecule has 0 bridgehead atoms.